The highest BCUT2D eigenvalue weighted by Gasteiger charge is 2.39. The van der Waals surface area contributed by atoms with E-state index in [2.05, 4.69) is 92.7 Å². The Hall–Kier alpha value is -3.82. The molecule has 0 N–H and O–H groups in total. The summed E-state index contributed by atoms with van der Waals surface area (Å²) in [7, 11) is 0. The zero-order valence-electron chi connectivity index (χ0n) is 20.7. The van der Waals surface area contributed by atoms with Crippen molar-refractivity contribution in [2.75, 3.05) is 6.61 Å². The summed E-state index contributed by atoms with van der Waals surface area (Å²) in [6, 6.07) is 35.8. The Balaban J connectivity index is 1.35. The van der Waals surface area contributed by atoms with Gasteiger partial charge in [-0.3, -0.25) is 0 Å². The molecule has 1 fully saturated rings. The molecule has 36 heavy (non-hydrogen) atoms. The van der Waals surface area contributed by atoms with E-state index in [1.54, 1.807) is 0 Å². The zero-order chi connectivity index (χ0) is 24.5. The van der Waals surface area contributed by atoms with Crippen molar-refractivity contribution < 1.29 is 14.2 Å². The van der Waals surface area contributed by atoms with E-state index >= 15 is 0 Å². The molecule has 0 bridgehead atoms. The molecule has 1 aliphatic heterocycles. The summed E-state index contributed by atoms with van der Waals surface area (Å²) < 4.78 is 19.5. The van der Waals surface area contributed by atoms with Crippen molar-refractivity contribution in [3.05, 3.63) is 120 Å². The highest BCUT2D eigenvalue weighted by Crippen LogP contribution is 2.42. The first-order chi connectivity index (χ1) is 17.6. The van der Waals surface area contributed by atoms with Gasteiger partial charge in [-0.1, -0.05) is 83.9 Å². The molecule has 3 nitrogen and oxygen atoms in total. The van der Waals surface area contributed by atoms with Crippen molar-refractivity contribution in [1.82, 2.24) is 0 Å². The van der Waals surface area contributed by atoms with Gasteiger partial charge >= 0.3 is 0 Å². The quantitative estimate of drug-likeness (QED) is 0.234. The molecule has 3 heteroatoms. The minimum Gasteiger partial charge on any atom is -0.491 e. The van der Waals surface area contributed by atoms with Crippen molar-refractivity contribution in [3.8, 4) is 11.5 Å². The lowest BCUT2D eigenvalue weighted by Gasteiger charge is -2.21. The summed E-state index contributed by atoms with van der Waals surface area (Å²) in [4.78, 5) is 0. The first-order valence-electron chi connectivity index (χ1n) is 12.6. The number of benzene rings is 5. The predicted octanol–water partition coefficient (Wildman–Crippen LogP) is 7.97. The molecule has 5 aromatic carbocycles. The Morgan fingerprint density at radius 3 is 1.86 bits per heavy atom. The third kappa shape index (κ3) is 4.55. The van der Waals surface area contributed by atoms with Crippen LogP contribution in [-0.2, 0) is 4.74 Å². The third-order valence-corrected chi connectivity index (χ3v) is 7.08. The molecule has 0 spiro atoms. The van der Waals surface area contributed by atoms with Gasteiger partial charge < -0.3 is 14.2 Å². The highest BCUT2D eigenvalue weighted by molar-refractivity contribution is 6.02. The van der Waals surface area contributed by atoms with E-state index in [-0.39, 0.29) is 18.3 Å². The lowest BCUT2D eigenvalue weighted by Crippen LogP contribution is -2.32. The Morgan fingerprint density at radius 2 is 1.25 bits per heavy atom. The lowest BCUT2D eigenvalue weighted by molar-refractivity contribution is -0.00991. The van der Waals surface area contributed by atoms with Crippen LogP contribution in [0.25, 0.3) is 21.5 Å². The van der Waals surface area contributed by atoms with Crippen LogP contribution in [0.2, 0.25) is 0 Å². The molecule has 6 rings (SSSR count). The topological polar surface area (TPSA) is 27.7 Å². The first kappa shape index (κ1) is 22.6. The van der Waals surface area contributed by atoms with Crippen molar-refractivity contribution in [2.45, 2.75) is 38.6 Å². The molecular formula is C33H30O3. The fraction of sp³-hybridized carbons (Fsp3) is 0.212. The Morgan fingerprint density at radius 1 is 0.694 bits per heavy atom. The van der Waals surface area contributed by atoms with E-state index in [1.165, 1.54) is 38.2 Å². The van der Waals surface area contributed by atoms with Gasteiger partial charge in [0.25, 0.3) is 0 Å². The van der Waals surface area contributed by atoms with E-state index in [1.807, 2.05) is 24.3 Å². The second-order valence-electron chi connectivity index (χ2n) is 9.72. The van der Waals surface area contributed by atoms with E-state index in [0.717, 1.165) is 17.9 Å². The van der Waals surface area contributed by atoms with E-state index in [9.17, 15) is 0 Å². The molecule has 1 aliphatic rings. The summed E-state index contributed by atoms with van der Waals surface area (Å²) in [6.07, 6.45) is 0.340. The van der Waals surface area contributed by atoms with Crippen molar-refractivity contribution in [3.63, 3.8) is 0 Å². The summed E-state index contributed by atoms with van der Waals surface area (Å²) >= 11 is 0. The van der Waals surface area contributed by atoms with Crippen LogP contribution in [0.4, 0.5) is 0 Å². The number of ether oxygens (including phenoxy) is 3. The van der Waals surface area contributed by atoms with Crippen LogP contribution in [0.1, 0.15) is 29.2 Å². The SMILES string of the molecule is Cc1ccc(OC[C@H]2O[C@@H](c3c4ccccc4cc4ccccc34)C[C@@H]2Oc2ccc(C)cc2)cc1. The fourth-order valence-electron chi connectivity index (χ4n) is 5.17. The largest absolute Gasteiger partial charge is 0.491 e. The molecule has 0 aliphatic carbocycles. The van der Waals surface area contributed by atoms with Crippen LogP contribution in [0.5, 0.6) is 11.5 Å². The Labute approximate surface area is 212 Å². The van der Waals surface area contributed by atoms with Gasteiger partial charge in [0.05, 0.1) is 6.10 Å². The monoisotopic (exact) mass is 474 g/mol. The van der Waals surface area contributed by atoms with Gasteiger partial charge in [0.2, 0.25) is 0 Å². The van der Waals surface area contributed by atoms with Gasteiger partial charge in [0.1, 0.15) is 30.3 Å². The van der Waals surface area contributed by atoms with Crippen molar-refractivity contribution in [2.24, 2.45) is 0 Å². The third-order valence-electron chi connectivity index (χ3n) is 7.08. The number of hydrogen-bond donors (Lipinski definition) is 0. The van der Waals surface area contributed by atoms with Gasteiger partial charge in [0.15, 0.2) is 0 Å². The fourth-order valence-corrected chi connectivity index (χ4v) is 5.17. The number of aryl methyl sites for hydroxylation is 2. The second-order valence-corrected chi connectivity index (χ2v) is 9.72. The number of rotatable bonds is 6. The smallest absolute Gasteiger partial charge is 0.131 e. The molecule has 5 aromatic rings. The average Bonchev–Trinajstić information content (AvgIpc) is 3.30. The maximum atomic E-state index is 6.77. The molecule has 1 saturated heterocycles. The van der Waals surface area contributed by atoms with Gasteiger partial charge in [-0.05, 0) is 71.3 Å². The molecule has 0 saturated carbocycles. The Bertz CT molecular complexity index is 1430. The van der Waals surface area contributed by atoms with Crippen molar-refractivity contribution in [1.29, 1.82) is 0 Å². The standard InChI is InChI=1S/C33H30O3/c1-22-11-15-26(16-12-22)34-21-32-30(35-27-17-13-23(2)14-18-27)20-31(36-32)33-28-9-5-3-7-24(28)19-25-8-4-6-10-29(25)33/h3-19,30-32H,20-21H2,1-2H3/t30-,31+,32+/m0/s1. The van der Waals surface area contributed by atoms with Crippen molar-refractivity contribution >= 4 is 21.5 Å². The summed E-state index contributed by atoms with van der Waals surface area (Å²) in [5, 5.41) is 4.92. The maximum absolute atomic E-state index is 6.77. The molecule has 0 radical (unpaired) electrons. The van der Waals surface area contributed by atoms with Crippen LogP contribution in [0.3, 0.4) is 0 Å². The van der Waals surface area contributed by atoms with Gasteiger partial charge in [-0.25, -0.2) is 0 Å². The molecule has 0 unspecified atom stereocenters. The van der Waals surface area contributed by atoms with E-state index in [4.69, 9.17) is 14.2 Å². The normalized spacial score (nSPS) is 19.6. The lowest BCUT2D eigenvalue weighted by atomic mass is 9.92. The highest BCUT2D eigenvalue weighted by atomic mass is 16.6. The van der Waals surface area contributed by atoms with Gasteiger partial charge in [0, 0.05) is 6.42 Å². The molecule has 180 valence electrons. The van der Waals surface area contributed by atoms with E-state index < -0.39 is 0 Å². The van der Waals surface area contributed by atoms with Crippen LogP contribution < -0.4 is 9.47 Å². The van der Waals surface area contributed by atoms with Gasteiger partial charge in [-0.15, -0.1) is 0 Å². The molecule has 1 heterocycles. The van der Waals surface area contributed by atoms with Crippen LogP contribution in [0.15, 0.2) is 103 Å². The Kier molecular flexibility index (Phi) is 6.08. The summed E-state index contributed by atoms with van der Waals surface area (Å²) in [5.41, 5.74) is 3.66. The number of hydrogen-bond acceptors (Lipinski definition) is 3. The average molecular weight is 475 g/mol. The second kappa shape index (κ2) is 9.67. The summed E-state index contributed by atoms with van der Waals surface area (Å²) in [5.74, 6) is 1.70. The zero-order valence-corrected chi connectivity index (χ0v) is 20.7. The molecule has 0 amide bonds. The minimum atomic E-state index is -0.199. The summed E-state index contributed by atoms with van der Waals surface area (Å²) in [6.45, 7) is 4.59. The van der Waals surface area contributed by atoms with Crippen LogP contribution in [-0.4, -0.2) is 18.8 Å². The molecule has 3 atom stereocenters. The molecular weight excluding hydrogens is 444 g/mol. The predicted molar refractivity (Wildman–Crippen MR) is 146 cm³/mol. The number of fused-ring (bicyclic) bond motifs is 2. The van der Waals surface area contributed by atoms with Gasteiger partial charge in [-0.2, -0.15) is 0 Å². The minimum absolute atomic E-state index is 0.0944. The van der Waals surface area contributed by atoms with E-state index in [0.29, 0.717) is 6.61 Å². The maximum Gasteiger partial charge on any atom is 0.131 e. The molecule has 0 aromatic heterocycles. The van der Waals surface area contributed by atoms with Crippen LogP contribution >= 0.6 is 0 Å². The van der Waals surface area contributed by atoms with Crippen LogP contribution in [0, 0.1) is 13.8 Å². The first-order valence-corrected chi connectivity index (χ1v) is 12.6.